The van der Waals surface area contributed by atoms with E-state index in [1.54, 1.807) is 0 Å². The van der Waals surface area contributed by atoms with Gasteiger partial charge in [-0.15, -0.1) is 11.8 Å². The van der Waals surface area contributed by atoms with Crippen molar-refractivity contribution in [1.29, 1.82) is 0 Å². The first kappa shape index (κ1) is 15.4. The first-order valence-corrected chi connectivity index (χ1v) is 7.89. The number of rotatable bonds is 7. The minimum atomic E-state index is -0.0666. The number of carbonyl (C=O) groups is 1. The molecule has 2 rings (SSSR count). The Hall–Kier alpha value is -1.95. The topological polar surface area (TPSA) is 67.0 Å². The van der Waals surface area contributed by atoms with E-state index in [1.165, 1.54) is 11.8 Å². The average Bonchev–Trinajstić information content (AvgIpc) is 2.94. The second-order valence-corrected chi connectivity index (χ2v) is 5.42. The van der Waals surface area contributed by atoms with Crippen LogP contribution in [0.25, 0.3) is 0 Å². The largest absolute Gasteiger partial charge is 0.494 e. The number of hydrogen-bond acceptors (Lipinski definition) is 4. The lowest BCUT2D eigenvalue weighted by atomic mass is 10.3. The van der Waals surface area contributed by atoms with Gasteiger partial charge in [0.25, 0.3) is 0 Å². The monoisotopic (exact) mass is 305 g/mol. The number of ether oxygens (including phenoxy) is 1. The minimum absolute atomic E-state index is 0.0666. The summed E-state index contributed by atoms with van der Waals surface area (Å²) in [7, 11) is 0. The van der Waals surface area contributed by atoms with Crippen molar-refractivity contribution in [2.45, 2.75) is 25.2 Å². The molecule has 0 unspecified atom stereocenters. The smallest absolute Gasteiger partial charge is 0.235 e. The fraction of sp³-hybridized carbons (Fsp3) is 0.333. The second kappa shape index (κ2) is 7.73. The Morgan fingerprint density at radius 3 is 2.71 bits per heavy atom. The van der Waals surface area contributed by atoms with Gasteiger partial charge < -0.3 is 10.1 Å². The Morgan fingerprint density at radius 2 is 2.10 bits per heavy atom. The molecule has 112 valence electrons. The van der Waals surface area contributed by atoms with Crippen LogP contribution in [0.15, 0.2) is 35.2 Å². The van der Waals surface area contributed by atoms with Gasteiger partial charge in [0.15, 0.2) is 5.82 Å². The number of amides is 1. The Morgan fingerprint density at radius 1 is 1.33 bits per heavy atom. The molecule has 21 heavy (non-hydrogen) atoms. The molecule has 5 nitrogen and oxygen atoms in total. The molecule has 0 aliphatic carbocycles. The highest BCUT2D eigenvalue weighted by molar-refractivity contribution is 8.00. The maximum Gasteiger partial charge on any atom is 0.235 e. The van der Waals surface area contributed by atoms with Gasteiger partial charge in [-0.05, 0) is 37.6 Å². The standard InChI is InChI=1S/C15H19N3O2S/c1-3-11-9-14(18-17-11)16-15(19)10-21-13-7-5-12(6-8-13)20-4-2/h5-9H,3-4,10H2,1-2H3,(H2,16,17,18,19). The van der Waals surface area contributed by atoms with Crippen LogP contribution >= 0.6 is 11.8 Å². The van der Waals surface area contributed by atoms with Crippen LogP contribution < -0.4 is 10.1 Å². The summed E-state index contributed by atoms with van der Waals surface area (Å²) in [4.78, 5) is 12.9. The fourth-order valence-corrected chi connectivity index (χ4v) is 2.43. The molecule has 0 radical (unpaired) electrons. The van der Waals surface area contributed by atoms with E-state index in [4.69, 9.17) is 4.74 Å². The zero-order valence-corrected chi connectivity index (χ0v) is 13.0. The maximum absolute atomic E-state index is 11.8. The van der Waals surface area contributed by atoms with E-state index < -0.39 is 0 Å². The first-order valence-electron chi connectivity index (χ1n) is 6.91. The molecule has 0 spiro atoms. The van der Waals surface area contributed by atoms with Crippen molar-refractivity contribution in [1.82, 2.24) is 10.2 Å². The molecule has 0 bridgehead atoms. The van der Waals surface area contributed by atoms with Crippen LogP contribution in [0.2, 0.25) is 0 Å². The summed E-state index contributed by atoms with van der Waals surface area (Å²) >= 11 is 1.48. The van der Waals surface area contributed by atoms with Crippen LogP contribution in [-0.2, 0) is 11.2 Å². The Kier molecular flexibility index (Phi) is 5.68. The van der Waals surface area contributed by atoms with Crippen LogP contribution in [0.5, 0.6) is 5.75 Å². The van der Waals surface area contributed by atoms with E-state index in [0.29, 0.717) is 18.2 Å². The Labute approximate surface area is 128 Å². The molecule has 2 N–H and O–H groups in total. The van der Waals surface area contributed by atoms with Crippen LogP contribution in [0.4, 0.5) is 5.82 Å². The third-order valence-electron chi connectivity index (χ3n) is 2.78. The van der Waals surface area contributed by atoms with Crippen molar-refractivity contribution in [3.8, 4) is 5.75 Å². The number of aromatic nitrogens is 2. The lowest BCUT2D eigenvalue weighted by Gasteiger charge is -2.05. The predicted octanol–water partition coefficient (Wildman–Crippen LogP) is 3.10. The highest BCUT2D eigenvalue weighted by Gasteiger charge is 2.06. The minimum Gasteiger partial charge on any atom is -0.494 e. The molecule has 0 saturated heterocycles. The summed E-state index contributed by atoms with van der Waals surface area (Å²) in [5, 5.41) is 9.67. The Bertz CT molecular complexity index is 581. The summed E-state index contributed by atoms with van der Waals surface area (Å²) in [6.07, 6.45) is 0.865. The number of H-pyrrole nitrogens is 1. The maximum atomic E-state index is 11.8. The SMILES string of the molecule is CCOc1ccc(SCC(=O)Nc2cc(CC)[nH]n2)cc1. The van der Waals surface area contributed by atoms with Gasteiger partial charge in [-0.3, -0.25) is 9.89 Å². The summed E-state index contributed by atoms with van der Waals surface area (Å²) in [6, 6.07) is 9.56. The summed E-state index contributed by atoms with van der Waals surface area (Å²) in [6.45, 7) is 4.63. The van der Waals surface area contributed by atoms with E-state index in [2.05, 4.69) is 15.5 Å². The molecule has 1 aromatic carbocycles. The summed E-state index contributed by atoms with van der Waals surface area (Å²) < 4.78 is 5.38. The number of anilines is 1. The van der Waals surface area contributed by atoms with Gasteiger partial charge in [0.2, 0.25) is 5.91 Å². The van der Waals surface area contributed by atoms with Gasteiger partial charge in [-0.25, -0.2) is 0 Å². The second-order valence-electron chi connectivity index (χ2n) is 4.37. The highest BCUT2D eigenvalue weighted by atomic mass is 32.2. The molecule has 2 aromatic rings. The number of thioether (sulfide) groups is 1. The van der Waals surface area contributed by atoms with Gasteiger partial charge in [0, 0.05) is 16.7 Å². The lowest BCUT2D eigenvalue weighted by Crippen LogP contribution is -2.14. The molecule has 0 atom stereocenters. The highest BCUT2D eigenvalue weighted by Crippen LogP contribution is 2.21. The predicted molar refractivity (Wildman–Crippen MR) is 84.9 cm³/mol. The van der Waals surface area contributed by atoms with Gasteiger partial charge in [0.05, 0.1) is 12.4 Å². The Balaban J connectivity index is 1.80. The number of carbonyl (C=O) groups excluding carboxylic acids is 1. The molecular formula is C15H19N3O2S. The molecule has 0 saturated carbocycles. The van der Waals surface area contributed by atoms with Crippen LogP contribution in [0.1, 0.15) is 19.5 Å². The number of nitrogens with zero attached hydrogens (tertiary/aromatic N) is 1. The van der Waals surface area contributed by atoms with Crippen molar-refractivity contribution in [2.75, 3.05) is 17.7 Å². The van der Waals surface area contributed by atoms with Crippen molar-refractivity contribution < 1.29 is 9.53 Å². The van der Waals surface area contributed by atoms with Crippen LogP contribution in [0, 0.1) is 0 Å². The number of aryl methyl sites for hydroxylation is 1. The van der Waals surface area contributed by atoms with Gasteiger partial charge >= 0.3 is 0 Å². The number of aromatic amines is 1. The molecule has 0 aliphatic rings. The zero-order chi connectivity index (χ0) is 15.1. The van der Waals surface area contributed by atoms with E-state index in [0.717, 1.165) is 22.8 Å². The lowest BCUT2D eigenvalue weighted by molar-refractivity contribution is -0.113. The number of benzene rings is 1. The quantitative estimate of drug-likeness (QED) is 0.771. The average molecular weight is 305 g/mol. The molecule has 1 aromatic heterocycles. The normalized spacial score (nSPS) is 10.4. The fourth-order valence-electron chi connectivity index (χ4n) is 1.73. The van der Waals surface area contributed by atoms with Crippen LogP contribution in [0.3, 0.4) is 0 Å². The van der Waals surface area contributed by atoms with Crippen molar-refractivity contribution >= 4 is 23.5 Å². The van der Waals surface area contributed by atoms with Crippen molar-refractivity contribution in [3.05, 3.63) is 36.0 Å². The first-order chi connectivity index (χ1) is 10.2. The van der Waals surface area contributed by atoms with Crippen molar-refractivity contribution in [2.24, 2.45) is 0 Å². The third kappa shape index (κ3) is 4.82. The number of nitrogens with one attached hydrogen (secondary N) is 2. The summed E-state index contributed by atoms with van der Waals surface area (Å²) in [5.74, 6) is 1.70. The molecule has 1 amide bonds. The molecule has 1 heterocycles. The number of hydrogen-bond donors (Lipinski definition) is 2. The molecule has 0 aliphatic heterocycles. The van der Waals surface area contributed by atoms with E-state index in [9.17, 15) is 4.79 Å². The van der Waals surface area contributed by atoms with E-state index >= 15 is 0 Å². The van der Waals surface area contributed by atoms with Crippen LogP contribution in [-0.4, -0.2) is 28.5 Å². The van der Waals surface area contributed by atoms with Gasteiger partial charge in [0.1, 0.15) is 5.75 Å². The van der Waals surface area contributed by atoms with E-state index in [1.807, 2.05) is 44.2 Å². The molecule has 0 fully saturated rings. The summed E-state index contributed by atoms with van der Waals surface area (Å²) in [5.41, 5.74) is 1.00. The third-order valence-corrected chi connectivity index (χ3v) is 3.80. The van der Waals surface area contributed by atoms with Gasteiger partial charge in [-0.2, -0.15) is 5.10 Å². The van der Waals surface area contributed by atoms with Gasteiger partial charge in [-0.1, -0.05) is 6.92 Å². The zero-order valence-electron chi connectivity index (χ0n) is 12.2. The van der Waals surface area contributed by atoms with Crippen molar-refractivity contribution in [3.63, 3.8) is 0 Å². The molecular weight excluding hydrogens is 286 g/mol. The van der Waals surface area contributed by atoms with E-state index in [-0.39, 0.29) is 5.91 Å². The molecule has 6 heteroatoms.